The van der Waals surface area contributed by atoms with Gasteiger partial charge in [-0.1, -0.05) is 31.5 Å². The molecule has 2 heterocycles. The Balaban J connectivity index is 2.04. The molecule has 1 atom stereocenters. The van der Waals surface area contributed by atoms with Crippen molar-refractivity contribution in [2.75, 3.05) is 12.3 Å². The Bertz CT molecular complexity index is 648. The zero-order valence-electron chi connectivity index (χ0n) is 12.6. The number of imidazole rings is 1. The second kappa shape index (κ2) is 5.50. The van der Waals surface area contributed by atoms with Crippen molar-refractivity contribution in [2.45, 2.75) is 51.2 Å². The van der Waals surface area contributed by atoms with Gasteiger partial charge in [0.15, 0.2) is 0 Å². The summed E-state index contributed by atoms with van der Waals surface area (Å²) in [5.41, 5.74) is 7.95. The smallest absolute Gasteiger partial charge is 0.201 e. The summed E-state index contributed by atoms with van der Waals surface area (Å²) >= 11 is 6.24. The second-order valence-corrected chi connectivity index (χ2v) is 6.24. The van der Waals surface area contributed by atoms with Crippen LogP contribution in [0.4, 0.5) is 5.95 Å². The maximum Gasteiger partial charge on any atom is 0.201 e. The molecule has 1 aromatic heterocycles. The van der Waals surface area contributed by atoms with E-state index in [0.717, 1.165) is 43.3 Å². The van der Waals surface area contributed by atoms with Crippen LogP contribution in [-0.4, -0.2) is 21.8 Å². The fourth-order valence-electron chi connectivity index (χ4n) is 3.45. The van der Waals surface area contributed by atoms with Gasteiger partial charge in [0.2, 0.25) is 5.95 Å². The van der Waals surface area contributed by atoms with Gasteiger partial charge in [0.1, 0.15) is 5.52 Å². The van der Waals surface area contributed by atoms with Crippen molar-refractivity contribution >= 4 is 28.6 Å². The summed E-state index contributed by atoms with van der Waals surface area (Å²) in [4.78, 5) is 4.46. The van der Waals surface area contributed by atoms with Gasteiger partial charge >= 0.3 is 0 Å². The summed E-state index contributed by atoms with van der Waals surface area (Å²) < 4.78 is 8.21. The molecule has 1 unspecified atom stereocenters. The number of nitrogens with zero attached hydrogens (tertiary/aromatic N) is 2. The Morgan fingerprint density at radius 2 is 2.19 bits per heavy atom. The van der Waals surface area contributed by atoms with Crippen molar-refractivity contribution in [3.05, 3.63) is 23.2 Å². The molecule has 5 heteroatoms. The van der Waals surface area contributed by atoms with Gasteiger partial charge in [0, 0.05) is 12.6 Å². The number of fused-ring (bicyclic) bond motifs is 1. The van der Waals surface area contributed by atoms with Crippen LogP contribution in [0.3, 0.4) is 0 Å². The standard InChI is InChI=1S/C16H22ClN3O/c1-3-16(4-2)10-11(8-9-21-16)20-13-7-5-6-12(17)14(13)19-15(20)18/h5-7,11H,3-4,8-10H2,1-2H3,(H2,18,19). The average molecular weight is 308 g/mol. The summed E-state index contributed by atoms with van der Waals surface area (Å²) in [6.45, 7) is 5.16. The lowest BCUT2D eigenvalue weighted by Crippen LogP contribution is -2.39. The summed E-state index contributed by atoms with van der Waals surface area (Å²) in [5, 5.41) is 0.655. The van der Waals surface area contributed by atoms with Gasteiger partial charge in [-0.2, -0.15) is 0 Å². The number of rotatable bonds is 3. The lowest BCUT2D eigenvalue weighted by atomic mass is 9.85. The van der Waals surface area contributed by atoms with Crippen LogP contribution in [0.25, 0.3) is 11.0 Å². The predicted molar refractivity (Wildman–Crippen MR) is 86.7 cm³/mol. The minimum Gasteiger partial charge on any atom is -0.375 e. The molecule has 0 saturated carbocycles. The minimum absolute atomic E-state index is 0.0372. The number of benzene rings is 1. The van der Waals surface area contributed by atoms with Crippen LogP contribution in [-0.2, 0) is 4.74 Å². The number of para-hydroxylation sites is 1. The van der Waals surface area contributed by atoms with Gasteiger partial charge < -0.3 is 15.0 Å². The first-order valence-corrected chi connectivity index (χ1v) is 8.04. The lowest BCUT2D eigenvalue weighted by Gasteiger charge is -2.40. The molecule has 2 N–H and O–H groups in total. The molecule has 114 valence electrons. The van der Waals surface area contributed by atoms with Gasteiger partial charge in [-0.05, 0) is 37.8 Å². The molecule has 0 aliphatic carbocycles. The van der Waals surface area contributed by atoms with Crippen molar-refractivity contribution in [3.63, 3.8) is 0 Å². The third-order valence-electron chi connectivity index (χ3n) is 4.82. The van der Waals surface area contributed by atoms with E-state index < -0.39 is 0 Å². The molecular weight excluding hydrogens is 286 g/mol. The number of ether oxygens (including phenoxy) is 1. The van der Waals surface area contributed by atoms with Crippen LogP contribution in [0.15, 0.2) is 18.2 Å². The summed E-state index contributed by atoms with van der Waals surface area (Å²) in [6, 6.07) is 6.17. The van der Waals surface area contributed by atoms with E-state index >= 15 is 0 Å². The van der Waals surface area contributed by atoms with E-state index in [9.17, 15) is 0 Å². The highest BCUT2D eigenvalue weighted by Gasteiger charge is 2.36. The molecule has 1 aromatic carbocycles. The largest absolute Gasteiger partial charge is 0.375 e. The minimum atomic E-state index is -0.0372. The van der Waals surface area contributed by atoms with Crippen LogP contribution in [0.1, 0.15) is 45.6 Å². The zero-order valence-corrected chi connectivity index (χ0v) is 13.4. The average Bonchev–Trinajstić information content (AvgIpc) is 2.85. The number of nitrogens with two attached hydrogens (primary N) is 1. The van der Waals surface area contributed by atoms with E-state index in [1.54, 1.807) is 0 Å². The van der Waals surface area contributed by atoms with Gasteiger partial charge in [-0.15, -0.1) is 0 Å². The molecule has 0 bridgehead atoms. The highest BCUT2D eigenvalue weighted by molar-refractivity contribution is 6.35. The first-order chi connectivity index (χ1) is 10.1. The highest BCUT2D eigenvalue weighted by Crippen LogP contribution is 2.40. The first-order valence-electron chi connectivity index (χ1n) is 7.66. The van der Waals surface area contributed by atoms with Gasteiger partial charge in [0.05, 0.1) is 16.1 Å². The van der Waals surface area contributed by atoms with Crippen molar-refractivity contribution in [1.29, 1.82) is 0 Å². The Morgan fingerprint density at radius 1 is 1.43 bits per heavy atom. The molecule has 1 saturated heterocycles. The molecule has 2 aromatic rings. The van der Waals surface area contributed by atoms with Crippen LogP contribution in [0.5, 0.6) is 0 Å². The number of nitrogen functional groups attached to an aromatic ring is 1. The van der Waals surface area contributed by atoms with E-state index in [2.05, 4.69) is 23.4 Å². The topological polar surface area (TPSA) is 53.1 Å². The van der Waals surface area contributed by atoms with Crippen molar-refractivity contribution < 1.29 is 4.74 Å². The molecule has 1 aliphatic rings. The summed E-state index contributed by atoms with van der Waals surface area (Å²) in [6.07, 6.45) is 3.98. The second-order valence-electron chi connectivity index (χ2n) is 5.83. The van der Waals surface area contributed by atoms with Gasteiger partial charge in [0.25, 0.3) is 0 Å². The number of halogens is 1. The highest BCUT2D eigenvalue weighted by atomic mass is 35.5. The van der Waals surface area contributed by atoms with E-state index in [4.69, 9.17) is 22.1 Å². The molecule has 0 amide bonds. The molecular formula is C16H22ClN3O. The fourth-order valence-corrected chi connectivity index (χ4v) is 3.66. The van der Waals surface area contributed by atoms with Crippen molar-refractivity contribution in [1.82, 2.24) is 9.55 Å². The molecule has 1 fully saturated rings. The molecule has 1 aliphatic heterocycles. The Kier molecular flexibility index (Phi) is 3.84. The first kappa shape index (κ1) is 14.7. The number of hydrogen-bond donors (Lipinski definition) is 1. The zero-order chi connectivity index (χ0) is 15.0. The lowest BCUT2D eigenvalue weighted by molar-refractivity contribution is -0.0979. The Labute approximate surface area is 130 Å². The van der Waals surface area contributed by atoms with E-state index in [0.29, 0.717) is 17.0 Å². The number of hydrogen-bond acceptors (Lipinski definition) is 3. The number of aromatic nitrogens is 2. The van der Waals surface area contributed by atoms with E-state index in [1.165, 1.54) is 0 Å². The van der Waals surface area contributed by atoms with Gasteiger partial charge in [-0.3, -0.25) is 0 Å². The molecule has 3 rings (SSSR count). The third kappa shape index (κ3) is 2.40. The molecule has 21 heavy (non-hydrogen) atoms. The monoisotopic (exact) mass is 307 g/mol. The maximum absolute atomic E-state index is 6.24. The fraction of sp³-hybridized carbons (Fsp3) is 0.562. The molecule has 4 nitrogen and oxygen atoms in total. The summed E-state index contributed by atoms with van der Waals surface area (Å²) in [5.74, 6) is 0.547. The molecule has 0 spiro atoms. The SMILES string of the molecule is CCC1(CC)CC(n2c(N)nc3c(Cl)cccc32)CCO1. The van der Waals surface area contributed by atoms with Gasteiger partial charge in [-0.25, -0.2) is 4.98 Å². The van der Waals surface area contributed by atoms with Crippen molar-refractivity contribution in [3.8, 4) is 0 Å². The van der Waals surface area contributed by atoms with Crippen LogP contribution >= 0.6 is 11.6 Å². The predicted octanol–water partition coefficient (Wildman–Crippen LogP) is 4.18. The van der Waals surface area contributed by atoms with Crippen LogP contribution in [0.2, 0.25) is 5.02 Å². The maximum atomic E-state index is 6.24. The van der Waals surface area contributed by atoms with Crippen LogP contribution in [0, 0.1) is 0 Å². The third-order valence-corrected chi connectivity index (χ3v) is 5.12. The Morgan fingerprint density at radius 3 is 2.90 bits per heavy atom. The normalized spacial score (nSPS) is 21.8. The van der Waals surface area contributed by atoms with E-state index in [1.807, 2.05) is 18.2 Å². The number of anilines is 1. The quantitative estimate of drug-likeness (QED) is 0.925. The van der Waals surface area contributed by atoms with Crippen LogP contribution < -0.4 is 5.73 Å². The van der Waals surface area contributed by atoms with Crippen molar-refractivity contribution in [2.24, 2.45) is 0 Å². The molecule has 0 radical (unpaired) electrons. The Hall–Kier alpha value is -1.26. The summed E-state index contributed by atoms with van der Waals surface area (Å²) in [7, 11) is 0. The van der Waals surface area contributed by atoms with E-state index in [-0.39, 0.29) is 5.60 Å².